The Morgan fingerprint density at radius 1 is 1.50 bits per heavy atom. The Labute approximate surface area is 110 Å². The Hall–Kier alpha value is -0.630. The summed E-state index contributed by atoms with van der Waals surface area (Å²) in [5, 5.41) is 13.1. The Morgan fingerprint density at radius 2 is 2.22 bits per heavy atom. The molecular weight excluding hydrogens is 226 g/mol. The first-order valence-corrected chi connectivity index (χ1v) is 7.03. The molecule has 1 atom stereocenters. The van der Waals surface area contributed by atoms with Gasteiger partial charge in [-0.05, 0) is 39.2 Å². The summed E-state index contributed by atoms with van der Waals surface area (Å²) in [5.41, 5.74) is -0.325. The molecule has 2 aliphatic rings. The van der Waals surface area contributed by atoms with Crippen molar-refractivity contribution in [2.24, 2.45) is 5.92 Å². The summed E-state index contributed by atoms with van der Waals surface area (Å²) in [7, 11) is 0. The molecule has 0 aromatic carbocycles. The lowest BCUT2D eigenvalue weighted by atomic mass is 9.91. The van der Waals surface area contributed by atoms with Crippen LogP contribution in [0.2, 0.25) is 0 Å². The summed E-state index contributed by atoms with van der Waals surface area (Å²) in [6, 6.07) is 2.57. The van der Waals surface area contributed by atoms with Gasteiger partial charge in [0, 0.05) is 18.6 Å². The van der Waals surface area contributed by atoms with E-state index in [-0.39, 0.29) is 11.1 Å². The van der Waals surface area contributed by atoms with Crippen molar-refractivity contribution in [3.05, 3.63) is 0 Å². The average Bonchev–Trinajstić information content (AvgIpc) is 3.15. The Kier molecular flexibility index (Phi) is 3.96. The number of ether oxygens (including phenoxy) is 1. The molecule has 1 aliphatic carbocycles. The lowest BCUT2D eigenvalue weighted by Crippen LogP contribution is -2.62. The second-order valence-electron chi connectivity index (χ2n) is 6.17. The van der Waals surface area contributed by atoms with Gasteiger partial charge >= 0.3 is 0 Å². The third kappa shape index (κ3) is 2.69. The van der Waals surface area contributed by atoms with Gasteiger partial charge in [-0.3, -0.25) is 10.2 Å². The van der Waals surface area contributed by atoms with Gasteiger partial charge in [-0.15, -0.1) is 0 Å². The van der Waals surface area contributed by atoms with Crippen LogP contribution >= 0.6 is 0 Å². The molecule has 1 saturated carbocycles. The summed E-state index contributed by atoms with van der Waals surface area (Å²) in [4.78, 5) is 2.42. The van der Waals surface area contributed by atoms with Gasteiger partial charge in [0.05, 0.1) is 19.3 Å². The number of nitrogens with one attached hydrogen (secondary N) is 1. The van der Waals surface area contributed by atoms with Gasteiger partial charge in [-0.1, -0.05) is 6.92 Å². The fourth-order valence-electron chi connectivity index (χ4n) is 2.87. The van der Waals surface area contributed by atoms with Crippen molar-refractivity contribution in [1.29, 1.82) is 5.26 Å². The first kappa shape index (κ1) is 13.8. The van der Waals surface area contributed by atoms with Crippen molar-refractivity contribution < 1.29 is 4.74 Å². The van der Waals surface area contributed by atoms with Crippen LogP contribution < -0.4 is 5.32 Å². The molecule has 102 valence electrons. The van der Waals surface area contributed by atoms with E-state index in [0.717, 1.165) is 32.8 Å². The molecule has 18 heavy (non-hydrogen) atoms. The Bertz CT molecular complexity index is 332. The van der Waals surface area contributed by atoms with Crippen LogP contribution in [0, 0.1) is 17.2 Å². The SMILES string of the molecule is CCNC(C#N)(CN1CCOCC1(C)C)C1CC1. The number of likely N-dealkylation sites (N-methyl/N-ethyl adjacent to an activating group) is 1. The highest BCUT2D eigenvalue weighted by molar-refractivity contribution is 5.17. The van der Waals surface area contributed by atoms with Crippen LogP contribution in [0.25, 0.3) is 0 Å². The van der Waals surface area contributed by atoms with Crippen molar-refractivity contribution in [2.75, 3.05) is 32.8 Å². The van der Waals surface area contributed by atoms with Crippen LogP contribution in [0.1, 0.15) is 33.6 Å². The van der Waals surface area contributed by atoms with E-state index in [9.17, 15) is 5.26 Å². The predicted octanol–water partition coefficient (Wildman–Crippen LogP) is 1.38. The fraction of sp³-hybridized carbons (Fsp3) is 0.929. The standard InChI is InChI=1S/C14H25N3O/c1-4-16-14(9-15,12-5-6-12)10-17-7-8-18-11-13(17,2)3/h12,16H,4-8,10-11H2,1-3H3. The zero-order valence-corrected chi connectivity index (χ0v) is 11.8. The van der Waals surface area contributed by atoms with E-state index in [4.69, 9.17) is 4.74 Å². The minimum absolute atomic E-state index is 0.0324. The number of hydrogen-bond acceptors (Lipinski definition) is 4. The molecule has 1 unspecified atom stereocenters. The van der Waals surface area contributed by atoms with Gasteiger partial charge in [0.1, 0.15) is 5.54 Å². The molecule has 1 saturated heterocycles. The van der Waals surface area contributed by atoms with Crippen molar-refractivity contribution in [2.45, 2.75) is 44.7 Å². The molecule has 2 fully saturated rings. The minimum Gasteiger partial charge on any atom is -0.378 e. The summed E-state index contributed by atoms with van der Waals surface area (Å²) < 4.78 is 5.55. The van der Waals surface area contributed by atoms with Gasteiger partial charge in [0.25, 0.3) is 0 Å². The average molecular weight is 251 g/mol. The number of morpholine rings is 1. The van der Waals surface area contributed by atoms with Gasteiger partial charge in [0.15, 0.2) is 0 Å². The van der Waals surface area contributed by atoms with Crippen molar-refractivity contribution in [3.8, 4) is 6.07 Å². The number of hydrogen-bond donors (Lipinski definition) is 1. The maximum Gasteiger partial charge on any atom is 0.122 e. The molecule has 0 radical (unpaired) electrons. The molecule has 0 amide bonds. The molecule has 0 aromatic heterocycles. The number of rotatable bonds is 5. The van der Waals surface area contributed by atoms with Crippen LogP contribution in [0.3, 0.4) is 0 Å². The lowest BCUT2D eigenvalue weighted by Gasteiger charge is -2.45. The molecule has 1 heterocycles. The smallest absolute Gasteiger partial charge is 0.122 e. The van der Waals surface area contributed by atoms with Crippen LogP contribution in [-0.4, -0.2) is 48.8 Å². The van der Waals surface area contributed by atoms with E-state index >= 15 is 0 Å². The predicted molar refractivity (Wildman–Crippen MR) is 71.2 cm³/mol. The van der Waals surface area contributed by atoms with E-state index in [0.29, 0.717) is 5.92 Å². The van der Waals surface area contributed by atoms with Crippen molar-refractivity contribution in [3.63, 3.8) is 0 Å². The summed E-state index contributed by atoms with van der Waals surface area (Å²) in [6.45, 7) is 10.6. The van der Waals surface area contributed by atoms with Gasteiger partial charge in [-0.25, -0.2) is 0 Å². The number of nitriles is 1. The number of nitrogens with zero attached hydrogens (tertiary/aromatic N) is 2. The highest BCUT2D eigenvalue weighted by atomic mass is 16.5. The van der Waals surface area contributed by atoms with Gasteiger partial charge in [-0.2, -0.15) is 5.26 Å². The molecule has 4 nitrogen and oxygen atoms in total. The molecular formula is C14H25N3O. The maximum absolute atomic E-state index is 9.65. The third-order valence-electron chi connectivity index (χ3n) is 4.22. The quantitative estimate of drug-likeness (QED) is 0.802. The Balaban J connectivity index is 2.10. The van der Waals surface area contributed by atoms with E-state index in [2.05, 4.69) is 37.1 Å². The van der Waals surface area contributed by atoms with Crippen LogP contribution in [0.5, 0.6) is 0 Å². The molecule has 4 heteroatoms. The van der Waals surface area contributed by atoms with Crippen molar-refractivity contribution in [1.82, 2.24) is 10.2 Å². The molecule has 1 aliphatic heterocycles. The molecule has 0 bridgehead atoms. The normalized spacial score (nSPS) is 27.4. The first-order chi connectivity index (χ1) is 8.54. The fourth-order valence-corrected chi connectivity index (χ4v) is 2.87. The molecule has 2 rings (SSSR count). The summed E-state index contributed by atoms with van der Waals surface area (Å²) in [6.07, 6.45) is 2.37. The maximum atomic E-state index is 9.65. The highest BCUT2D eigenvalue weighted by Crippen LogP contribution is 2.40. The van der Waals surface area contributed by atoms with E-state index < -0.39 is 0 Å². The topological polar surface area (TPSA) is 48.3 Å². The molecule has 0 aromatic rings. The third-order valence-corrected chi connectivity index (χ3v) is 4.22. The van der Waals surface area contributed by atoms with E-state index in [1.807, 2.05) is 0 Å². The van der Waals surface area contributed by atoms with Gasteiger partial charge < -0.3 is 4.74 Å². The first-order valence-electron chi connectivity index (χ1n) is 7.03. The van der Waals surface area contributed by atoms with Crippen molar-refractivity contribution >= 4 is 0 Å². The lowest BCUT2D eigenvalue weighted by molar-refractivity contribution is -0.0597. The minimum atomic E-state index is -0.358. The monoisotopic (exact) mass is 251 g/mol. The highest BCUT2D eigenvalue weighted by Gasteiger charge is 2.48. The van der Waals surface area contributed by atoms with Crippen LogP contribution in [0.15, 0.2) is 0 Å². The summed E-state index contributed by atoms with van der Waals surface area (Å²) in [5.74, 6) is 0.529. The zero-order chi connectivity index (χ0) is 13.2. The van der Waals surface area contributed by atoms with Crippen LogP contribution in [0.4, 0.5) is 0 Å². The second kappa shape index (κ2) is 5.16. The zero-order valence-electron chi connectivity index (χ0n) is 11.8. The van der Waals surface area contributed by atoms with E-state index in [1.165, 1.54) is 12.8 Å². The summed E-state index contributed by atoms with van der Waals surface area (Å²) >= 11 is 0. The second-order valence-corrected chi connectivity index (χ2v) is 6.17. The Morgan fingerprint density at radius 3 is 2.72 bits per heavy atom. The van der Waals surface area contributed by atoms with E-state index in [1.54, 1.807) is 0 Å². The van der Waals surface area contributed by atoms with Crippen LogP contribution in [-0.2, 0) is 4.74 Å². The van der Waals surface area contributed by atoms with Gasteiger partial charge in [0.2, 0.25) is 0 Å². The molecule has 1 N–H and O–H groups in total. The molecule has 0 spiro atoms. The largest absolute Gasteiger partial charge is 0.378 e.